The molecule has 0 amide bonds. The van der Waals surface area contributed by atoms with Gasteiger partial charge in [-0.3, -0.25) is 0 Å². The Morgan fingerprint density at radius 1 is 1.05 bits per heavy atom. The van der Waals surface area contributed by atoms with Crippen LogP contribution in [0.25, 0.3) is 5.52 Å². The molecule has 2 aromatic heterocycles. The van der Waals surface area contributed by atoms with Crippen LogP contribution in [0.2, 0.25) is 36.3 Å². The highest BCUT2D eigenvalue weighted by atomic mass is 32.2. The minimum Gasteiger partial charge on any atom is -0.414 e. The zero-order valence-electron chi connectivity index (χ0n) is 25.0. The molecule has 0 radical (unpaired) electrons. The maximum absolute atomic E-state index is 10.8. The molecule has 3 heterocycles. The van der Waals surface area contributed by atoms with Gasteiger partial charge in [0.15, 0.2) is 16.6 Å². The number of hydrogen-bond acceptors (Lipinski definition) is 8. The van der Waals surface area contributed by atoms with Gasteiger partial charge >= 0.3 is 0 Å². The first-order chi connectivity index (χ1) is 17.3. The normalized spacial score (nSPS) is 26.9. The van der Waals surface area contributed by atoms with Crippen molar-refractivity contribution in [2.75, 3.05) is 12.9 Å². The number of rotatable bonds is 7. The van der Waals surface area contributed by atoms with Gasteiger partial charge in [-0.25, -0.2) is 9.50 Å². The lowest BCUT2D eigenvalue weighted by Gasteiger charge is -2.43. The molecule has 0 N–H and O–H groups in total. The summed E-state index contributed by atoms with van der Waals surface area (Å²) in [6.45, 7) is 23.8. The first-order valence-electron chi connectivity index (χ1n) is 13.0. The number of ether oxygens (including phenoxy) is 1. The standard InChI is InChI=1S/C27H43N5O3SSi2/c1-24(2,3)37(9,10)33-15-20-22(35-38(11,12)25(4,5)6)26(7,16-28)27(17-29,34-20)21-14-13-19-23(36-8)30-18-31-32(19)21/h13-14,18,20,22H,15H2,1-12H3/t20-,22-,26-,27+/m1/s1. The fourth-order valence-electron chi connectivity index (χ4n) is 4.30. The van der Waals surface area contributed by atoms with Crippen molar-refractivity contribution in [3.63, 3.8) is 0 Å². The molecule has 8 nitrogen and oxygen atoms in total. The van der Waals surface area contributed by atoms with Crippen LogP contribution in [0.4, 0.5) is 0 Å². The molecule has 3 rings (SSSR count). The van der Waals surface area contributed by atoms with E-state index in [2.05, 4.69) is 90.0 Å². The van der Waals surface area contributed by atoms with Crippen molar-refractivity contribution in [3.8, 4) is 12.1 Å². The summed E-state index contributed by atoms with van der Waals surface area (Å²) < 4.78 is 22.0. The summed E-state index contributed by atoms with van der Waals surface area (Å²) in [5, 5.41) is 26.7. The number of aromatic nitrogens is 3. The van der Waals surface area contributed by atoms with Gasteiger partial charge in [0.05, 0.1) is 30.0 Å². The summed E-state index contributed by atoms with van der Waals surface area (Å²) in [5.74, 6) is 0. The molecular weight excluding hydrogens is 531 g/mol. The second-order valence-electron chi connectivity index (χ2n) is 13.4. The molecule has 38 heavy (non-hydrogen) atoms. The first-order valence-corrected chi connectivity index (χ1v) is 20.1. The van der Waals surface area contributed by atoms with Crippen molar-refractivity contribution in [1.82, 2.24) is 14.6 Å². The Kier molecular flexibility index (Phi) is 8.13. The fraction of sp³-hybridized carbons (Fsp3) is 0.704. The van der Waals surface area contributed by atoms with Crippen LogP contribution in [0.3, 0.4) is 0 Å². The Morgan fingerprint density at radius 3 is 2.16 bits per heavy atom. The molecule has 0 unspecified atom stereocenters. The van der Waals surface area contributed by atoms with E-state index in [1.165, 1.54) is 18.1 Å². The minimum absolute atomic E-state index is 0.00485. The third-order valence-corrected chi connectivity index (χ3v) is 18.6. The van der Waals surface area contributed by atoms with E-state index in [0.717, 1.165) is 10.5 Å². The lowest BCUT2D eigenvalue weighted by atomic mass is 9.70. The van der Waals surface area contributed by atoms with Gasteiger partial charge in [0.2, 0.25) is 5.60 Å². The maximum atomic E-state index is 10.8. The Labute approximate surface area is 234 Å². The number of fused-ring (bicyclic) bond motifs is 1. The van der Waals surface area contributed by atoms with E-state index in [1.54, 1.807) is 11.4 Å². The highest BCUT2D eigenvalue weighted by molar-refractivity contribution is 7.98. The van der Waals surface area contributed by atoms with E-state index in [0.29, 0.717) is 5.69 Å². The molecule has 1 saturated heterocycles. The zero-order valence-corrected chi connectivity index (χ0v) is 27.8. The van der Waals surface area contributed by atoms with Crippen LogP contribution < -0.4 is 0 Å². The molecule has 0 saturated carbocycles. The molecule has 208 valence electrons. The average molecular weight is 574 g/mol. The third-order valence-electron chi connectivity index (χ3n) is 8.97. The van der Waals surface area contributed by atoms with Crippen LogP contribution >= 0.6 is 11.8 Å². The highest BCUT2D eigenvalue weighted by Crippen LogP contribution is 2.56. The lowest BCUT2D eigenvalue weighted by Crippen LogP contribution is -2.53. The monoisotopic (exact) mass is 573 g/mol. The maximum Gasteiger partial charge on any atom is 0.217 e. The van der Waals surface area contributed by atoms with Gasteiger partial charge in [-0.2, -0.15) is 15.6 Å². The number of hydrogen-bond donors (Lipinski definition) is 0. The van der Waals surface area contributed by atoms with Crippen LogP contribution in [0.15, 0.2) is 23.5 Å². The zero-order chi connectivity index (χ0) is 28.9. The molecule has 0 aliphatic carbocycles. The molecule has 1 fully saturated rings. The number of nitriles is 2. The van der Waals surface area contributed by atoms with Crippen molar-refractivity contribution in [1.29, 1.82) is 10.5 Å². The molecule has 11 heteroatoms. The van der Waals surface area contributed by atoms with Crippen molar-refractivity contribution < 1.29 is 13.6 Å². The van der Waals surface area contributed by atoms with E-state index in [-0.39, 0.29) is 16.7 Å². The van der Waals surface area contributed by atoms with Crippen LogP contribution in [0.1, 0.15) is 54.2 Å². The third kappa shape index (κ3) is 4.87. The van der Waals surface area contributed by atoms with Gasteiger partial charge in [0, 0.05) is 0 Å². The number of thioether (sulfide) groups is 1. The molecule has 0 spiro atoms. The average Bonchev–Trinajstić information content (AvgIpc) is 3.34. The summed E-state index contributed by atoms with van der Waals surface area (Å²) in [7, 11) is -4.53. The van der Waals surface area contributed by atoms with Gasteiger partial charge in [0.1, 0.15) is 28.9 Å². The van der Waals surface area contributed by atoms with Gasteiger partial charge in [-0.1, -0.05) is 41.5 Å². The van der Waals surface area contributed by atoms with Crippen LogP contribution in [-0.2, 0) is 19.2 Å². The Bertz CT molecular complexity index is 1270. The fourth-order valence-corrected chi connectivity index (χ4v) is 7.21. The van der Waals surface area contributed by atoms with Crippen molar-refractivity contribution in [2.45, 2.75) is 108 Å². The predicted octanol–water partition coefficient (Wildman–Crippen LogP) is 6.51. The Balaban J connectivity index is 2.21. The molecule has 0 bridgehead atoms. The van der Waals surface area contributed by atoms with Gasteiger partial charge in [-0.05, 0) is 61.6 Å². The summed E-state index contributed by atoms with van der Waals surface area (Å²) in [6.07, 6.45) is 2.12. The van der Waals surface area contributed by atoms with E-state index >= 15 is 0 Å². The molecule has 2 aromatic rings. The van der Waals surface area contributed by atoms with E-state index in [1.807, 2.05) is 18.4 Å². The molecule has 0 aromatic carbocycles. The van der Waals surface area contributed by atoms with Crippen molar-refractivity contribution in [2.24, 2.45) is 5.41 Å². The summed E-state index contributed by atoms with van der Waals surface area (Å²) in [4.78, 5) is 4.36. The second-order valence-corrected chi connectivity index (χ2v) is 23.8. The summed E-state index contributed by atoms with van der Waals surface area (Å²) >= 11 is 1.50. The van der Waals surface area contributed by atoms with Gasteiger partial charge in [0.25, 0.3) is 0 Å². The largest absolute Gasteiger partial charge is 0.414 e. The van der Waals surface area contributed by atoms with Gasteiger partial charge in [-0.15, -0.1) is 11.8 Å². The Morgan fingerprint density at radius 2 is 1.66 bits per heavy atom. The molecular formula is C27H43N5O3SSi2. The minimum atomic E-state index is -2.38. The van der Waals surface area contributed by atoms with Crippen molar-refractivity contribution >= 4 is 33.9 Å². The lowest BCUT2D eigenvalue weighted by molar-refractivity contribution is -0.0555. The topological polar surface area (TPSA) is 105 Å². The predicted molar refractivity (Wildman–Crippen MR) is 156 cm³/mol. The number of nitrogens with zero attached hydrogens (tertiary/aromatic N) is 5. The van der Waals surface area contributed by atoms with Gasteiger partial charge < -0.3 is 13.6 Å². The molecule has 1 aliphatic heterocycles. The van der Waals surface area contributed by atoms with Crippen LogP contribution in [0.5, 0.6) is 0 Å². The van der Waals surface area contributed by atoms with Crippen molar-refractivity contribution in [3.05, 3.63) is 24.2 Å². The van der Waals surface area contributed by atoms with E-state index < -0.39 is 39.9 Å². The second kappa shape index (κ2) is 10.0. The van der Waals surface area contributed by atoms with Crippen LogP contribution in [-0.4, -0.2) is 56.3 Å². The quantitative estimate of drug-likeness (QED) is 0.273. The summed E-state index contributed by atoms with van der Waals surface area (Å²) in [5.41, 5.74) is -1.71. The molecule has 1 aliphatic rings. The SMILES string of the molecule is CSc1ncnn2c([C@]3(C#N)O[C@H](CO[Si](C)(C)C(C)(C)C)[C@@H](O[Si](C)(C)C(C)(C)C)[C@@]3(C)C#N)ccc12. The highest BCUT2D eigenvalue weighted by Gasteiger charge is 2.68. The van der Waals surface area contributed by atoms with E-state index in [9.17, 15) is 10.5 Å². The smallest absolute Gasteiger partial charge is 0.217 e. The first kappa shape index (κ1) is 30.8. The Hall–Kier alpha value is -1.74. The van der Waals surface area contributed by atoms with Crippen LogP contribution in [0, 0.1) is 28.1 Å². The van der Waals surface area contributed by atoms with E-state index in [4.69, 9.17) is 13.6 Å². The summed E-state index contributed by atoms with van der Waals surface area (Å²) in [6, 6.07) is 8.61. The molecule has 4 atom stereocenters.